The number of esters is 1. The van der Waals surface area contributed by atoms with Gasteiger partial charge in [0.25, 0.3) is 5.91 Å². The predicted octanol–water partition coefficient (Wildman–Crippen LogP) is 1.61. The van der Waals surface area contributed by atoms with Crippen LogP contribution in [0.4, 0.5) is 15.3 Å². The molecule has 9 heteroatoms. The second kappa shape index (κ2) is 10.8. The normalized spacial score (nSPS) is 11.5. The highest BCUT2D eigenvalue weighted by molar-refractivity contribution is 5.96. The van der Waals surface area contributed by atoms with Gasteiger partial charge < -0.3 is 20.7 Å². The summed E-state index contributed by atoms with van der Waals surface area (Å²) in [6, 6.07) is 6.40. The van der Waals surface area contributed by atoms with E-state index in [1.165, 1.54) is 0 Å². The van der Waals surface area contributed by atoms with E-state index in [1.807, 2.05) is 11.4 Å². The standard InChI is InChI=1S/C18H26N4O5/c1-11(2)15(22-18(26)20-13-8-6-5-7-9-13)16(24)27-10-14(23)21-17(25)19-12(3)4/h5-9,11-12,15H,10H2,1-4H3,(H2,20,22,26)(H2,19,21,23,25)/t15-/m0/s1. The zero-order chi connectivity index (χ0) is 20.4. The van der Waals surface area contributed by atoms with Crippen molar-refractivity contribution >= 4 is 29.6 Å². The molecule has 0 radical (unpaired) electrons. The smallest absolute Gasteiger partial charge is 0.329 e. The van der Waals surface area contributed by atoms with Crippen molar-refractivity contribution in [1.82, 2.24) is 16.0 Å². The van der Waals surface area contributed by atoms with Gasteiger partial charge in [-0.3, -0.25) is 10.1 Å². The summed E-state index contributed by atoms with van der Waals surface area (Å²) in [5.74, 6) is -1.81. The van der Waals surface area contributed by atoms with E-state index < -0.39 is 36.6 Å². The maximum atomic E-state index is 12.2. The lowest BCUT2D eigenvalue weighted by Gasteiger charge is -2.21. The Hall–Kier alpha value is -3.10. The number of hydrogen-bond acceptors (Lipinski definition) is 5. The monoisotopic (exact) mass is 378 g/mol. The highest BCUT2D eigenvalue weighted by Crippen LogP contribution is 2.07. The molecule has 0 aliphatic rings. The summed E-state index contributed by atoms with van der Waals surface area (Å²) in [5.41, 5.74) is 0.571. The van der Waals surface area contributed by atoms with Crippen molar-refractivity contribution < 1.29 is 23.9 Å². The van der Waals surface area contributed by atoms with E-state index in [0.717, 1.165) is 0 Å². The molecule has 0 aliphatic carbocycles. The lowest BCUT2D eigenvalue weighted by Crippen LogP contribution is -2.48. The Bertz CT molecular complexity index is 661. The Kier molecular flexibility index (Phi) is 8.77. The Morgan fingerprint density at radius 1 is 0.926 bits per heavy atom. The van der Waals surface area contributed by atoms with Crippen molar-refractivity contribution in [2.45, 2.75) is 39.8 Å². The minimum atomic E-state index is -0.953. The number of carbonyl (C=O) groups excluding carboxylic acids is 4. The summed E-state index contributed by atoms with van der Waals surface area (Å²) in [6.45, 7) is 6.30. The van der Waals surface area contributed by atoms with Crippen LogP contribution in [0.3, 0.4) is 0 Å². The SMILES string of the molecule is CC(C)NC(=O)NC(=O)COC(=O)[C@@H](NC(=O)Nc1ccccc1)C(C)C. The third kappa shape index (κ3) is 8.70. The zero-order valence-electron chi connectivity index (χ0n) is 15.9. The van der Waals surface area contributed by atoms with Gasteiger partial charge in [-0.1, -0.05) is 32.0 Å². The third-order valence-corrected chi connectivity index (χ3v) is 3.26. The molecule has 0 bridgehead atoms. The molecule has 0 aromatic heterocycles. The second-order valence-corrected chi connectivity index (χ2v) is 6.47. The van der Waals surface area contributed by atoms with Gasteiger partial charge in [0.15, 0.2) is 6.61 Å². The topological polar surface area (TPSA) is 126 Å². The average Bonchev–Trinajstić information content (AvgIpc) is 2.57. The van der Waals surface area contributed by atoms with E-state index in [4.69, 9.17) is 4.74 Å². The largest absolute Gasteiger partial charge is 0.454 e. The molecular formula is C18H26N4O5. The number of amides is 5. The van der Waals surface area contributed by atoms with Gasteiger partial charge in [-0.25, -0.2) is 14.4 Å². The molecule has 0 aliphatic heterocycles. The van der Waals surface area contributed by atoms with Gasteiger partial charge in [0.2, 0.25) is 0 Å². The average molecular weight is 378 g/mol. The van der Waals surface area contributed by atoms with Crippen LogP contribution in [0, 0.1) is 5.92 Å². The van der Waals surface area contributed by atoms with Crippen LogP contribution in [0.5, 0.6) is 0 Å². The molecule has 0 unspecified atom stereocenters. The summed E-state index contributed by atoms with van der Waals surface area (Å²) in [4.78, 5) is 47.3. The van der Waals surface area contributed by atoms with Crippen molar-refractivity contribution in [3.63, 3.8) is 0 Å². The summed E-state index contributed by atoms with van der Waals surface area (Å²) >= 11 is 0. The van der Waals surface area contributed by atoms with Crippen molar-refractivity contribution in [2.24, 2.45) is 5.92 Å². The fraction of sp³-hybridized carbons (Fsp3) is 0.444. The minimum absolute atomic E-state index is 0.141. The number of hydrogen-bond donors (Lipinski definition) is 4. The molecule has 5 amide bonds. The van der Waals surface area contributed by atoms with Crippen LogP contribution < -0.4 is 21.3 Å². The summed E-state index contributed by atoms with van der Waals surface area (Å²) in [5, 5.41) is 9.64. The fourth-order valence-electron chi connectivity index (χ4n) is 2.02. The molecule has 0 saturated heterocycles. The molecule has 4 N–H and O–H groups in total. The van der Waals surface area contributed by atoms with E-state index in [0.29, 0.717) is 5.69 Å². The summed E-state index contributed by atoms with van der Waals surface area (Å²) in [7, 11) is 0. The van der Waals surface area contributed by atoms with E-state index in [-0.39, 0.29) is 12.0 Å². The minimum Gasteiger partial charge on any atom is -0.454 e. The quantitative estimate of drug-likeness (QED) is 0.536. The number of ether oxygens (including phenoxy) is 1. The van der Waals surface area contributed by atoms with Gasteiger partial charge in [0.05, 0.1) is 0 Å². The van der Waals surface area contributed by atoms with Crippen molar-refractivity contribution in [1.29, 1.82) is 0 Å². The number of rotatable bonds is 7. The number of carbonyl (C=O) groups is 4. The molecule has 0 heterocycles. The van der Waals surface area contributed by atoms with Gasteiger partial charge in [0, 0.05) is 11.7 Å². The molecule has 0 fully saturated rings. The van der Waals surface area contributed by atoms with Gasteiger partial charge >= 0.3 is 18.0 Å². The third-order valence-electron chi connectivity index (χ3n) is 3.26. The van der Waals surface area contributed by atoms with Crippen molar-refractivity contribution in [3.8, 4) is 0 Å². The van der Waals surface area contributed by atoms with E-state index in [2.05, 4.69) is 16.0 Å². The number of imide groups is 1. The highest BCUT2D eigenvalue weighted by atomic mass is 16.5. The van der Waals surface area contributed by atoms with Crippen LogP contribution in [0.15, 0.2) is 30.3 Å². The number of nitrogens with one attached hydrogen (secondary N) is 4. The van der Waals surface area contributed by atoms with Crippen LogP contribution in [-0.4, -0.2) is 42.6 Å². The second-order valence-electron chi connectivity index (χ2n) is 6.47. The van der Waals surface area contributed by atoms with Crippen LogP contribution in [0.1, 0.15) is 27.7 Å². The molecule has 9 nitrogen and oxygen atoms in total. The van der Waals surface area contributed by atoms with Gasteiger partial charge in [-0.15, -0.1) is 0 Å². The Morgan fingerprint density at radius 3 is 2.11 bits per heavy atom. The number of benzene rings is 1. The van der Waals surface area contributed by atoms with Crippen molar-refractivity contribution in [2.75, 3.05) is 11.9 Å². The lowest BCUT2D eigenvalue weighted by atomic mass is 10.1. The molecular weight excluding hydrogens is 352 g/mol. The van der Waals surface area contributed by atoms with Gasteiger partial charge in [-0.2, -0.15) is 0 Å². The first-order valence-electron chi connectivity index (χ1n) is 8.58. The van der Waals surface area contributed by atoms with Gasteiger partial charge in [0.1, 0.15) is 6.04 Å². The lowest BCUT2D eigenvalue weighted by molar-refractivity contribution is -0.151. The number of urea groups is 2. The maximum Gasteiger partial charge on any atom is 0.329 e. The molecule has 0 spiro atoms. The Morgan fingerprint density at radius 2 is 1.56 bits per heavy atom. The number of anilines is 1. The molecule has 27 heavy (non-hydrogen) atoms. The summed E-state index contributed by atoms with van der Waals surface area (Å²) in [6.07, 6.45) is 0. The fourth-order valence-corrected chi connectivity index (χ4v) is 2.02. The first-order chi connectivity index (χ1) is 12.7. The van der Waals surface area contributed by atoms with E-state index in [9.17, 15) is 19.2 Å². The number of para-hydroxylation sites is 1. The molecule has 1 aromatic rings. The first kappa shape index (κ1) is 21.9. The molecule has 0 saturated carbocycles. The predicted molar refractivity (Wildman–Crippen MR) is 100.0 cm³/mol. The highest BCUT2D eigenvalue weighted by Gasteiger charge is 2.26. The molecule has 148 valence electrons. The molecule has 1 aromatic carbocycles. The first-order valence-corrected chi connectivity index (χ1v) is 8.58. The summed E-state index contributed by atoms with van der Waals surface area (Å²) < 4.78 is 4.91. The van der Waals surface area contributed by atoms with E-state index >= 15 is 0 Å². The van der Waals surface area contributed by atoms with E-state index in [1.54, 1.807) is 52.0 Å². The van der Waals surface area contributed by atoms with Crippen LogP contribution >= 0.6 is 0 Å². The molecule has 1 rings (SSSR count). The molecule has 1 atom stereocenters. The van der Waals surface area contributed by atoms with Crippen molar-refractivity contribution in [3.05, 3.63) is 30.3 Å². The van der Waals surface area contributed by atoms with Gasteiger partial charge in [-0.05, 0) is 31.9 Å². The van der Waals surface area contributed by atoms with Crippen LogP contribution in [0.25, 0.3) is 0 Å². The Labute approximate surface area is 158 Å². The van der Waals surface area contributed by atoms with Crippen LogP contribution in [-0.2, 0) is 14.3 Å². The maximum absolute atomic E-state index is 12.2. The Balaban J connectivity index is 2.51. The van der Waals surface area contributed by atoms with Crippen LogP contribution in [0.2, 0.25) is 0 Å². The zero-order valence-corrected chi connectivity index (χ0v) is 15.9.